The average Bonchev–Trinajstić information content (AvgIpc) is 1.92. The first kappa shape index (κ1) is 9.31. The molecule has 0 heterocycles. The predicted octanol–water partition coefficient (Wildman–Crippen LogP) is 1.17. The smallest absolute Gasteiger partial charge is 0.296 e. The van der Waals surface area contributed by atoms with Crippen LogP contribution in [0.5, 0.6) is 0 Å². The molecule has 0 aliphatic rings. The Morgan fingerprint density at radius 1 is 1.42 bits per heavy atom. The molecule has 0 aliphatic carbocycles. The molecule has 0 bridgehead atoms. The minimum atomic E-state index is -4.27. The van der Waals surface area contributed by atoms with Gasteiger partial charge < -0.3 is 5.73 Å². The van der Waals surface area contributed by atoms with Crippen molar-refractivity contribution in [2.75, 3.05) is 5.73 Å². The van der Waals surface area contributed by atoms with Gasteiger partial charge in [0.1, 0.15) is 4.90 Å². The molecule has 0 saturated carbocycles. The molecule has 0 atom stereocenters. The van der Waals surface area contributed by atoms with Crippen LogP contribution in [0.25, 0.3) is 0 Å². The zero-order valence-corrected chi connectivity index (χ0v) is 7.43. The van der Waals surface area contributed by atoms with Gasteiger partial charge in [-0.1, -0.05) is 11.6 Å². The van der Waals surface area contributed by atoms with Crippen molar-refractivity contribution in [2.45, 2.75) is 4.90 Å². The van der Waals surface area contributed by atoms with Crippen molar-refractivity contribution in [3.63, 3.8) is 0 Å². The molecule has 12 heavy (non-hydrogen) atoms. The van der Waals surface area contributed by atoms with Crippen molar-refractivity contribution in [1.82, 2.24) is 0 Å². The molecular weight excluding hydrogens is 202 g/mol. The van der Waals surface area contributed by atoms with E-state index in [2.05, 4.69) is 0 Å². The Bertz CT molecular complexity index is 401. The zero-order chi connectivity index (χ0) is 9.35. The van der Waals surface area contributed by atoms with Crippen LogP contribution in [0.1, 0.15) is 0 Å². The Morgan fingerprint density at radius 2 is 2.00 bits per heavy atom. The van der Waals surface area contributed by atoms with Crippen LogP contribution in [-0.2, 0) is 10.1 Å². The molecule has 0 spiro atoms. The number of hydrogen-bond donors (Lipinski definition) is 2. The maximum absolute atomic E-state index is 10.6. The summed E-state index contributed by atoms with van der Waals surface area (Å²) in [5.41, 5.74) is 5.52. The molecule has 0 aliphatic heterocycles. The summed E-state index contributed by atoms with van der Waals surface area (Å²) in [7, 11) is -4.27. The highest BCUT2D eigenvalue weighted by atomic mass is 35.5. The van der Waals surface area contributed by atoms with Gasteiger partial charge in [0.2, 0.25) is 0 Å². The molecule has 0 radical (unpaired) electrons. The highest BCUT2D eigenvalue weighted by Crippen LogP contribution is 2.22. The van der Waals surface area contributed by atoms with Crippen molar-refractivity contribution in [2.24, 2.45) is 0 Å². The molecule has 0 aromatic heterocycles. The lowest BCUT2D eigenvalue weighted by Crippen LogP contribution is -2.00. The van der Waals surface area contributed by atoms with Gasteiger partial charge in [-0.3, -0.25) is 4.55 Å². The van der Waals surface area contributed by atoms with Gasteiger partial charge in [0, 0.05) is 5.69 Å². The number of rotatable bonds is 1. The molecule has 4 nitrogen and oxygen atoms in total. The highest BCUT2D eigenvalue weighted by molar-refractivity contribution is 7.86. The van der Waals surface area contributed by atoms with E-state index in [1.807, 2.05) is 0 Å². The fourth-order valence-electron chi connectivity index (χ4n) is 0.718. The summed E-state index contributed by atoms with van der Waals surface area (Å²) in [6.45, 7) is 0. The largest absolute Gasteiger partial charge is 0.399 e. The van der Waals surface area contributed by atoms with Crippen molar-refractivity contribution in [3.05, 3.63) is 23.2 Å². The molecule has 66 valence electrons. The minimum Gasteiger partial charge on any atom is -0.399 e. The number of benzene rings is 1. The van der Waals surface area contributed by atoms with E-state index in [0.29, 0.717) is 0 Å². The minimum absolute atomic E-state index is 0.0494. The summed E-state index contributed by atoms with van der Waals surface area (Å²) in [4.78, 5) is -0.371. The molecule has 1 aromatic rings. The van der Waals surface area contributed by atoms with Crippen LogP contribution in [-0.4, -0.2) is 13.0 Å². The average molecular weight is 208 g/mol. The molecule has 0 unspecified atom stereocenters. The van der Waals surface area contributed by atoms with Crippen molar-refractivity contribution >= 4 is 27.4 Å². The summed E-state index contributed by atoms with van der Waals surface area (Å²) in [6, 6.07) is 3.84. The maximum Gasteiger partial charge on any atom is 0.296 e. The molecule has 1 aromatic carbocycles. The Hall–Kier alpha value is -0.780. The van der Waals surface area contributed by atoms with Crippen LogP contribution in [0.3, 0.4) is 0 Å². The quantitative estimate of drug-likeness (QED) is 0.535. The van der Waals surface area contributed by atoms with Gasteiger partial charge in [0.05, 0.1) is 5.02 Å². The number of nitrogen functional groups attached to an aromatic ring is 1. The van der Waals surface area contributed by atoms with Crippen molar-refractivity contribution < 1.29 is 13.0 Å². The topological polar surface area (TPSA) is 80.4 Å². The lowest BCUT2D eigenvalue weighted by atomic mass is 10.3. The number of anilines is 1. The Kier molecular flexibility index (Phi) is 2.27. The first-order valence-corrected chi connectivity index (χ1v) is 4.75. The molecular formula is C6H6ClNO3S. The van der Waals surface area contributed by atoms with E-state index >= 15 is 0 Å². The molecule has 0 saturated heterocycles. The standard InChI is InChI=1S/C6H6ClNO3S/c7-5-2-1-4(8)3-6(5)12(9,10)11/h1-3H,8H2,(H,9,10,11). The maximum atomic E-state index is 10.6. The SMILES string of the molecule is Nc1ccc(Cl)c(S(=O)(=O)O)c1. The number of hydrogen-bond acceptors (Lipinski definition) is 3. The van der Waals surface area contributed by atoms with Crippen LogP contribution < -0.4 is 5.73 Å². The monoisotopic (exact) mass is 207 g/mol. The highest BCUT2D eigenvalue weighted by Gasteiger charge is 2.13. The fourth-order valence-corrected chi connectivity index (χ4v) is 1.73. The van der Waals surface area contributed by atoms with Crippen LogP contribution >= 0.6 is 11.6 Å². The van der Waals surface area contributed by atoms with Crippen molar-refractivity contribution in [1.29, 1.82) is 0 Å². The van der Waals surface area contributed by atoms with Gasteiger partial charge >= 0.3 is 0 Å². The van der Waals surface area contributed by atoms with Gasteiger partial charge in [-0.25, -0.2) is 0 Å². The van der Waals surface area contributed by atoms with Crippen LogP contribution in [0.4, 0.5) is 5.69 Å². The van der Waals surface area contributed by atoms with E-state index in [1.165, 1.54) is 12.1 Å². The third-order valence-electron chi connectivity index (χ3n) is 1.23. The van der Waals surface area contributed by atoms with Gasteiger partial charge in [-0.05, 0) is 18.2 Å². The lowest BCUT2D eigenvalue weighted by molar-refractivity contribution is 0.483. The van der Waals surface area contributed by atoms with Gasteiger partial charge in [0.15, 0.2) is 0 Å². The zero-order valence-electron chi connectivity index (χ0n) is 5.86. The van der Waals surface area contributed by atoms with E-state index < -0.39 is 10.1 Å². The van der Waals surface area contributed by atoms with E-state index in [4.69, 9.17) is 21.9 Å². The Labute approximate surface area is 74.7 Å². The molecule has 6 heteroatoms. The second kappa shape index (κ2) is 2.93. The third-order valence-corrected chi connectivity index (χ3v) is 2.57. The first-order chi connectivity index (χ1) is 5.41. The number of nitrogens with two attached hydrogens (primary N) is 1. The van der Waals surface area contributed by atoms with E-state index in [9.17, 15) is 8.42 Å². The second-order valence-corrected chi connectivity index (χ2v) is 3.96. The summed E-state index contributed by atoms with van der Waals surface area (Å²) in [5, 5.41) is -0.0494. The second-order valence-electron chi connectivity index (χ2n) is 2.16. The molecule has 1 rings (SSSR count). The Balaban J connectivity index is 3.43. The summed E-state index contributed by atoms with van der Waals surface area (Å²) < 4.78 is 29.9. The molecule has 0 amide bonds. The Morgan fingerprint density at radius 3 is 2.42 bits per heavy atom. The lowest BCUT2D eigenvalue weighted by Gasteiger charge is -2.00. The van der Waals surface area contributed by atoms with E-state index in [0.717, 1.165) is 6.07 Å². The van der Waals surface area contributed by atoms with E-state index in [-0.39, 0.29) is 15.6 Å². The van der Waals surface area contributed by atoms with Crippen LogP contribution in [0.15, 0.2) is 23.1 Å². The predicted molar refractivity (Wildman–Crippen MR) is 45.7 cm³/mol. The summed E-state index contributed by atoms with van der Waals surface area (Å²) in [5.74, 6) is 0. The molecule has 0 fully saturated rings. The summed E-state index contributed by atoms with van der Waals surface area (Å²) in [6.07, 6.45) is 0. The van der Waals surface area contributed by atoms with Crippen LogP contribution in [0, 0.1) is 0 Å². The van der Waals surface area contributed by atoms with Gasteiger partial charge in [0.25, 0.3) is 10.1 Å². The molecule has 3 N–H and O–H groups in total. The first-order valence-electron chi connectivity index (χ1n) is 2.94. The van der Waals surface area contributed by atoms with E-state index in [1.54, 1.807) is 0 Å². The van der Waals surface area contributed by atoms with Crippen molar-refractivity contribution in [3.8, 4) is 0 Å². The fraction of sp³-hybridized carbons (Fsp3) is 0. The van der Waals surface area contributed by atoms with Crippen LogP contribution in [0.2, 0.25) is 5.02 Å². The third kappa shape index (κ3) is 1.88. The normalized spacial score (nSPS) is 11.5. The van der Waals surface area contributed by atoms with Gasteiger partial charge in [-0.2, -0.15) is 8.42 Å². The van der Waals surface area contributed by atoms with Gasteiger partial charge in [-0.15, -0.1) is 0 Å². The number of halogens is 1. The summed E-state index contributed by atoms with van der Waals surface area (Å²) >= 11 is 5.49.